The number of hydrogen-bond acceptors (Lipinski definition) is 5. The average Bonchev–Trinajstić information content (AvgIpc) is 3.31. The number of imidazole rings is 1. The van der Waals surface area contributed by atoms with Crippen LogP contribution in [-0.2, 0) is 11.2 Å². The lowest BCUT2D eigenvalue weighted by molar-refractivity contribution is -0.0395. The molecule has 0 radical (unpaired) electrons. The first-order chi connectivity index (χ1) is 15.7. The third kappa shape index (κ3) is 3.01. The van der Waals surface area contributed by atoms with Gasteiger partial charge in [-0.05, 0) is 35.6 Å². The highest BCUT2D eigenvalue weighted by Crippen LogP contribution is 2.29. The SMILES string of the molecule is O=c1c2cc(Cc3cccc4nccn34)c3ccccc3c2ncn1[C@H]1CCOC[C@@H]1O. The molecular weight excluding hydrogens is 404 g/mol. The number of pyridine rings is 1. The van der Waals surface area contributed by atoms with Gasteiger partial charge in [-0.25, -0.2) is 9.97 Å². The summed E-state index contributed by atoms with van der Waals surface area (Å²) >= 11 is 0. The van der Waals surface area contributed by atoms with Gasteiger partial charge >= 0.3 is 0 Å². The van der Waals surface area contributed by atoms with E-state index < -0.39 is 6.10 Å². The largest absolute Gasteiger partial charge is 0.389 e. The zero-order valence-corrected chi connectivity index (χ0v) is 17.4. The Morgan fingerprint density at radius 1 is 1.06 bits per heavy atom. The number of ether oxygens (including phenoxy) is 1. The van der Waals surface area contributed by atoms with Gasteiger partial charge in [-0.1, -0.05) is 30.3 Å². The molecule has 0 aliphatic carbocycles. The Labute approximate surface area is 183 Å². The van der Waals surface area contributed by atoms with Crippen molar-refractivity contribution in [2.45, 2.75) is 25.0 Å². The number of aliphatic hydroxyl groups excluding tert-OH is 1. The zero-order chi connectivity index (χ0) is 21.7. The summed E-state index contributed by atoms with van der Waals surface area (Å²) in [6, 6.07) is 15.8. The van der Waals surface area contributed by atoms with Crippen LogP contribution in [0, 0.1) is 0 Å². The normalized spacial score (nSPS) is 19.2. The first-order valence-corrected chi connectivity index (χ1v) is 10.8. The topological polar surface area (TPSA) is 81.7 Å². The van der Waals surface area contributed by atoms with Crippen molar-refractivity contribution in [3.8, 4) is 0 Å². The van der Waals surface area contributed by atoms with E-state index in [1.807, 2.05) is 42.6 Å². The van der Waals surface area contributed by atoms with Gasteiger partial charge in [0, 0.05) is 36.5 Å². The Kier molecular flexibility index (Phi) is 4.52. The Bertz CT molecular complexity index is 1520. The van der Waals surface area contributed by atoms with Gasteiger partial charge in [-0.2, -0.15) is 0 Å². The van der Waals surface area contributed by atoms with Crippen molar-refractivity contribution in [1.82, 2.24) is 18.9 Å². The molecule has 160 valence electrons. The van der Waals surface area contributed by atoms with Gasteiger partial charge in [0.2, 0.25) is 0 Å². The van der Waals surface area contributed by atoms with Crippen LogP contribution in [0.3, 0.4) is 0 Å². The highest BCUT2D eigenvalue weighted by molar-refractivity contribution is 6.06. The highest BCUT2D eigenvalue weighted by Gasteiger charge is 2.27. The molecule has 32 heavy (non-hydrogen) atoms. The minimum Gasteiger partial charge on any atom is -0.389 e. The van der Waals surface area contributed by atoms with Crippen LogP contribution in [-0.4, -0.2) is 43.4 Å². The van der Waals surface area contributed by atoms with E-state index in [2.05, 4.69) is 26.5 Å². The third-order valence-corrected chi connectivity index (χ3v) is 6.41. The van der Waals surface area contributed by atoms with Gasteiger partial charge in [0.05, 0.1) is 36.0 Å². The number of fused-ring (bicyclic) bond motifs is 4. The molecule has 0 amide bonds. The van der Waals surface area contributed by atoms with Crippen molar-refractivity contribution in [3.05, 3.63) is 88.9 Å². The summed E-state index contributed by atoms with van der Waals surface area (Å²) in [4.78, 5) is 22.6. The number of aromatic nitrogens is 4. The molecule has 2 aromatic carbocycles. The van der Waals surface area contributed by atoms with E-state index in [0.29, 0.717) is 30.4 Å². The minimum absolute atomic E-state index is 0.131. The van der Waals surface area contributed by atoms with Crippen LogP contribution in [0.1, 0.15) is 23.7 Å². The van der Waals surface area contributed by atoms with Gasteiger partial charge in [-0.3, -0.25) is 9.36 Å². The van der Waals surface area contributed by atoms with Crippen molar-refractivity contribution in [2.75, 3.05) is 13.2 Å². The summed E-state index contributed by atoms with van der Waals surface area (Å²) in [5.74, 6) is 0. The number of hydrogen-bond donors (Lipinski definition) is 1. The number of aliphatic hydroxyl groups is 1. The molecule has 4 heterocycles. The van der Waals surface area contributed by atoms with E-state index in [1.54, 1.807) is 17.1 Å². The Morgan fingerprint density at radius 3 is 2.81 bits per heavy atom. The van der Waals surface area contributed by atoms with Crippen LogP contribution in [0.4, 0.5) is 0 Å². The first-order valence-electron chi connectivity index (χ1n) is 10.8. The molecule has 0 unspecified atom stereocenters. The molecule has 1 N–H and O–H groups in total. The maximum Gasteiger partial charge on any atom is 0.261 e. The van der Waals surface area contributed by atoms with Crippen molar-refractivity contribution in [1.29, 1.82) is 0 Å². The highest BCUT2D eigenvalue weighted by atomic mass is 16.5. The van der Waals surface area contributed by atoms with Gasteiger partial charge in [0.15, 0.2) is 0 Å². The van der Waals surface area contributed by atoms with Crippen molar-refractivity contribution in [3.63, 3.8) is 0 Å². The van der Waals surface area contributed by atoms with E-state index in [0.717, 1.165) is 27.7 Å². The van der Waals surface area contributed by atoms with Crippen LogP contribution in [0.25, 0.3) is 27.3 Å². The summed E-state index contributed by atoms with van der Waals surface area (Å²) in [6.07, 6.45) is 5.82. The Hall–Kier alpha value is -3.55. The van der Waals surface area contributed by atoms with Crippen molar-refractivity contribution >= 4 is 27.3 Å². The molecule has 0 saturated carbocycles. The average molecular weight is 426 g/mol. The van der Waals surface area contributed by atoms with E-state index >= 15 is 0 Å². The second kappa shape index (κ2) is 7.55. The standard InChI is InChI=1S/C25H22N4O3/c30-22-14-32-11-8-21(22)29-15-27-24-19-6-2-1-5-18(19)16(13-20(24)25(29)31)12-17-4-3-7-23-26-9-10-28(17)23/h1-7,9-10,13,15,21-22,30H,8,11-12,14H2/t21-,22-/m0/s1. The van der Waals surface area contributed by atoms with E-state index in [1.165, 1.54) is 0 Å². The molecule has 2 atom stereocenters. The lowest BCUT2D eigenvalue weighted by Gasteiger charge is -2.29. The third-order valence-electron chi connectivity index (χ3n) is 6.41. The van der Waals surface area contributed by atoms with Crippen molar-refractivity contribution in [2.24, 2.45) is 0 Å². The maximum atomic E-state index is 13.5. The molecule has 7 nitrogen and oxygen atoms in total. The number of benzene rings is 2. The monoisotopic (exact) mass is 426 g/mol. The summed E-state index contributed by atoms with van der Waals surface area (Å²) in [5.41, 5.74) is 3.60. The molecule has 3 aromatic heterocycles. The maximum absolute atomic E-state index is 13.5. The molecule has 1 aliphatic heterocycles. The van der Waals surface area contributed by atoms with Gasteiger partial charge in [0.25, 0.3) is 5.56 Å². The number of nitrogens with zero attached hydrogens (tertiary/aromatic N) is 4. The van der Waals surface area contributed by atoms with E-state index in [9.17, 15) is 9.90 Å². The second-order valence-corrected chi connectivity index (χ2v) is 8.28. The first kappa shape index (κ1) is 19.2. The van der Waals surface area contributed by atoms with Crippen LogP contribution in [0.5, 0.6) is 0 Å². The molecule has 1 aliphatic rings. The predicted molar refractivity (Wildman–Crippen MR) is 122 cm³/mol. The lowest BCUT2D eigenvalue weighted by atomic mass is 9.97. The smallest absolute Gasteiger partial charge is 0.261 e. The second-order valence-electron chi connectivity index (χ2n) is 8.28. The molecular formula is C25H22N4O3. The Morgan fingerprint density at radius 2 is 1.94 bits per heavy atom. The zero-order valence-electron chi connectivity index (χ0n) is 17.4. The predicted octanol–water partition coefficient (Wildman–Crippen LogP) is 3.11. The van der Waals surface area contributed by atoms with Crippen molar-refractivity contribution < 1.29 is 9.84 Å². The number of rotatable bonds is 3. The fourth-order valence-corrected chi connectivity index (χ4v) is 4.81. The van der Waals surface area contributed by atoms with Crippen LogP contribution in [0.15, 0.2) is 72.0 Å². The molecule has 1 saturated heterocycles. The quantitative estimate of drug-likeness (QED) is 0.449. The van der Waals surface area contributed by atoms with Crippen LogP contribution >= 0.6 is 0 Å². The van der Waals surface area contributed by atoms with E-state index in [4.69, 9.17) is 4.74 Å². The van der Waals surface area contributed by atoms with Gasteiger partial charge in [-0.15, -0.1) is 0 Å². The molecule has 0 bridgehead atoms. The molecule has 6 rings (SSSR count). The Balaban J connectivity index is 1.56. The minimum atomic E-state index is -0.723. The molecule has 5 aromatic rings. The summed E-state index contributed by atoms with van der Waals surface area (Å²) < 4.78 is 8.98. The van der Waals surface area contributed by atoms with E-state index in [-0.39, 0.29) is 18.2 Å². The molecule has 0 spiro atoms. The summed E-state index contributed by atoms with van der Waals surface area (Å²) in [6.45, 7) is 0.747. The summed E-state index contributed by atoms with van der Waals surface area (Å²) in [5, 5.41) is 13.0. The molecule has 1 fully saturated rings. The van der Waals surface area contributed by atoms with Crippen LogP contribution in [0.2, 0.25) is 0 Å². The van der Waals surface area contributed by atoms with Gasteiger partial charge in [0.1, 0.15) is 5.65 Å². The van der Waals surface area contributed by atoms with Gasteiger partial charge < -0.3 is 14.2 Å². The van der Waals surface area contributed by atoms with Crippen LogP contribution < -0.4 is 5.56 Å². The lowest BCUT2D eigenvalue weighted by Crippen LogP contribution is -2.39. The summed E-state index contributed by atoms with van der Waals surface area (Å²) in [7, 11) is 0. The fourth-order valence-electron chi connectivity index (χ4n) is 4.81. The molecule has 7 heteroatoms. The fraction of sp³-hybridized carbons (Fsp3) is 0.240.